The minimum absolute atomic E-state index is 0.118. The maximum Gasteiger partial charge on any atom is 0.407 e. The molecule has 0 aromatic rings. The minimum atomic E-state index is -0.462. The first-order valence-electron chi connectivity index (χ1n) is 9.73. The van der Waals surface area contributed by atoms with Gasteiger partial charge in [-0.15, -0.1) is 6.58 Å². The van der Waals surface area contributed by atoms with Gasteiger partial charge in [-0.25, -0.2) is 9.59 Å². The number of ether oxygens (including phenoxy) is 4. The monoisotopic (exact) mass is 400 g/mol. The predicted octanol–water partition coefficient (Wildman–Crippen LogP) is 3.88. The van der Waals surface area contributed by atoms with E-state index < -0.39 is 6.09 Å². The Kier molecular flexibility index (Phi) is 16.7. The van der Waals surface area contributed by atoms with E-state index in [-0.39, 0.29) is 12.9 Å². The van der Waals surface area contributed by atoms with E-state index in [9.17, 15) is 9.59 Å². The molecule has 2 N–H and O–H groups in total. The van der Waals surface area contributed by atoms with Crippen molar-refractivity contribution >= 4 is 12.2 Å². The molecule has 0 radical (unpaired) electrons. The molecule has 0 unspecified atom stereocenters. The highest BCUT2D eigenvalue weighted by atomic mass is 16.7. The topological polar surface area (TPSA) is 95.1 Å². The number of hydrogen-bond donors (Lipinski definition) is 2. The molecule has 0 aromatic heterocycles. The minimum Gasteiger partial charge on any atom is -0.473 e. The molecule has 2 amide bonds. The quantitative estimate of drug-likeness (QED) is 0.166. The lowest BCUT2D eigenvalue weighted by Gasteiger charge is -2.09. The molecule has 8 nitrogen and oxygen atoms in total. The maximum atomic E-state index is 11.4. The summed E-state index contributed by atoms with van der Waals surface area (Å²) in [6, 6.07) is 0. The van der Waals surface area contributed by atoms with Crippen molar-refractivity contribution in [1.29, 1.82) is 0 Å². The number of alkyl carbamates (subject to hydrolysis) is 2. The second-order valence-corrected chi connectivity index (χ2v) is 6.47. The molecule has 8 heteroatoms. The largest absolute Gasteiger partial charge is 0.473 e. The number of carbonyl (C=O) groups excluding carboxylic acids is 2. The highest BCUT2D eigenvalue weighted by Gasteiger charge is 2.02. The molecule has 0 aliphatic carbocycles. The van der Waals surface area contributed by atoms with Crippen molar-refractivity contribution in [1.82, 2.24) is 10.6 Å². The fraction of sp³-hybridized carbons (Fsp3) is 0.700. The van der Waals surface area contributed by atoms with Gasteiger partial charge in [0.25, 0.3) is 0 Å². The first-order valence-corrected chi connectivity index (χ1v) is 9.73. The fourth-order valence-electron chi connectivity index (χ4n) is 2.00. The van der Waals surface area contributed by atoms with Crippen LogP contribution in [0.2, 0.25) is 0 Å². The third-order valence-corrected chi connectivity index (χ3v) is 3.46. The Morgan fingerprint density at radius 1 is 0.750 bits per heavy atom. The molecule has 0 aliphatic rings. The first kappa shape index (κ1) is 25.8. The van der Waals surface area contributed by atoms with Crippen molar-refractivity contribution in [3.8, 4) is 0 Å². The third kappa shape index (κ3) is 20.1. The van der Waals surface area contributed by atoms with Crippen LogP contribution in [0.3, 0.4) is 0 Å². The summed E-state index contributed by atoms with van der Waals surface area (Å²) in [6.07, 6.45) is 4.29. The van der Waals surface area contributed by atoms with E-state index in [4.69, 9.17) is 18.9 Å². The molecule has 0 heterocycles. The smallest absolute Gasteiger partial charge is 0.407 e. The lowest BCUT2D eigenvalue weighted by Crippen LogP contribution is -2.28. The zero-order chi connectivity index (χ0) is 21.0. The Morgan fingerprint density at radius 3 is 1.86 bits per heavy atom. The molecule has 0 atom stereocenters. The second kappa shape index (κ2) is 18.2. The van der Waals surface area contributed by atoms with Crippen molar-refractivity contribution < 1.29 is 28.5 Å². The van der Waals surface area contributed by atoms with Gasteiger partial charge >= 0.3 is 12.2 Å². The standard InChI is InChI=1S/C20H36N2O6/c1-17(2)10-9-11-21-19(23)26-13-7-5-6-8-14-27-20(24)22-12-15-25-16-28-18(3)4/h1,3,5-16H2,2,4H3,(H,21,23)(H,22,24). The average molecular weight is 401 g/mol. The van der Waals surface area contributed by atoms with Crippen molar-refractivity contribution in [2.45, 2.75) is 52.4 Å². The van der Waals surface area contributed by atoms with E-state index in [1.807, 2.05) is 6.92 Å². The number of nitrogens with one attached hydrogen (secondary N) is 2. The van der Waals surface area contributed by atoms with Crippen LogP contribution in [0, 0.1) is 0 Å². The van der Waals surface area contributed by atoms with Crippen molar-refractivity contribution in [3.05, 3.63) is 24.5 Å². The molecular formula is C20H36N2O6. The Hall–Kier alpha value is -2.22. The number of unbranched alkanes of at least 4 members (excludes halogenated alkanes) is 3. The van der Waals surface area contributed by atoms with Gasteiger partial charge in [0, 0.05) is 13.1 Å². The highest BCUT2D eigenvalue weighted by molar-refractivity contribution is 5.67. The first-order chi connectivity index (χ1) is 13.4. The second-order valence-electron chi connectivity index (χ2n) is 6.47. The van der Waals surface area contributed by atoms with Crippen LogP contribution >= 0.6 is 0 Å². The number of amides is 2. The maximum absolute atomic E-state index is 11.4. The zero-order valence-electron chi connectivity index (χ0n) is 17.3. The van der Waals surface area contributed by atoms with Gasteiger partial charge in [-0.05, 0) is 52.4 Å². The van der Waals surface area contributed by atoms with Gasteiger partial charge in [-0.3, -0.25) is 0 Å². The Morgan fingerprint density at radius 2 is 1.32 bits per heavy atom. The predicted molar refractivity (Wildman–Crippen MR) is 108 cm³/mol. The summed E-state index contributed by atoms with van der Waals surface area (Å²) in [5.41, 5.74) is 1.11. The Bertz CT molecular complexity index is 468. The van der Waals surface area contributed by atoms with Crippen molar-refractivity contribution in [2.75, 3.05) is 39.7 Å². The summed E-state index contributed by atoms with van der Waals surface area (Å²) in [6.45, 7) is 13.2. The molecule has 0 bridgehead atoms. The average Bonchev–Trinajstić information content (AvgIpc) is 2.63. The fourth-order valence-corrected chi connectivity index (χ4v) is 2.00. The highest BCUT2D eigenvalue weighted by Crippen LogP contribution is 2.01. The van der Waals surface area contributed by atoms with Crippen LogP contribution in [0.15, 0.2) is 24.5 Å². The van der Waals surface area contributed by atoms with E-state index in [1.165, 1.54) is 0 Å². The normalized spacial score (nSPS) is 10.1. The van der Waals surface area contributed by atoms with E-state index in [0.717, 1.165) is 44.1 Å². The zero-order valence-corrected chi connectivity index (χ0v) is 17.3. The van der Waals surface area contributed by atoms with Gasteiger partial charge < -0.3 is 29.6 Å². The van der Waals surface area contributed by atoms with Crippen LogP contribution in [0.1, 0.15) is 52.4 Å². The summed E-state index contributed by atoms with van der Waals surface area (Å²) in [5, 5.41) is 5.30. The molecule has 0 saturated heterocycles. The van der Waals surface area contributed by atoms with Crippen LogP contribution in [0.4, 0.5) is 9.59 Å². The summed E-state index contributed by atoms with van der Waals surface area (Å²) in [5.74, 6) is 0.580. The summed E-state index contributed by atoms with van der Waals surface area (Å²) < 4.78 is 20.3. The van der Waals surface area contributed by atoms with Crippen LogP contribution < -0.4 is 10.6 Å². The SMILES string of the molecule is C=C(C)CCCNC(=O)OCCCCCCOC(=O)NCCOCOC(=C)C. The molecule has 0 spiro atoms. The summed E-state index contributed by atoms with van der Waals surface area (Å²) in [7, 11) is 0. The van der Waals surface area contributed by atoms with Crippen molar-refractivity contribution in [3.63, 3.8) is 0 Å². The van der Waals surface area contributed by atoms with Gasteiger partial charge in [0.1, 0.15) is 0 Å². The number of hydrogen-bond acceptors (Lipinski definition) is 6. The third-order valence-electron chi connectivity index (χ3n) is 3.46. The van der Waals surface area contributed by atoms with Gasteiger partial charge in [0.05, 0.1) is 25.6 Å². The summed E-state index contributed by atoms with van der Waals surface area (Å²) >= 11 is 0. The lowest BCUT2D eigenvalue weighted by atomic mass is 10.2. The molecule has 0 saturated carbocycles. The molecule has 0 aliphatic heterocycles. The van der Waals surface area contributed by atoms with Gasteiger partial charge in [-0.1, -0.05) is 12.2 Å². The molecule has 0 aromatic carbocycles. The molecular weight excluding hydrogens is 364 g/mol. The van der Waals surface area contributed by atoms with E-state index in [0.29, 0.717) is 38.7 Å². The van der Waals surface area contributed by atoms with E-state index in [2.05, 4.69) is 23.8 Å². The van der Waals surface area contributed by atoms with Crippen LogP contribution in [-0.2, 0) is 18.9 Å². The molecule has 0 rings (SSSR count). The van der Waals surface area contributed by atoms with Gasteiger partial charge in [0.15, 0.2) is 6.79 Å². The van der Waals surface area contributed by atoms with Gasteiger partial charge in [-0.2, -0.15) is 0 Å². The number of rotatable bonds is 17. The molecule has 0 fully saturated rings. The number of allylic oxidation sites excluding steroid dienone is 2. The number of carbonyl (C=O) groups is 2. The van der Waals surface area contributed by atoms with Crippen molar-refractivity contribution in [2.24, 2.45) is 0 Å². The van der Waals surface area contributed by atoms with E-state index in [1.54, 1.807) is 6.92 Å². The van der Waals surface area contributed by atoms with Crippen LogP contribution in [-0.4, -0.2) is 51.9 Å². The Balaban J connectivity index is 3.31. The molecule has 162 valence electrons. The Labute approximate surface area is 168 Å². The summed E-state index contributed by atoms with van der Waals surface area (Å²) in [4.78, 5) is 22.9. The van der Waals surface area contributed by atoms with Crippen LogP contribution in [0.25, 0.3) is 0 Å². The molecule has 28 heavy (non-hydrogen) atoms. The van der Waals surface area contributed by atoms with Crippen LogP contribution in [0.5, 0.6) is 0 Å². The van der Waals surface area contributed by atoms with Gasteiger partial charge in [0.2, 0.25) is 0 Å². The van der Waals surface area contributed by atoms with E-state index >= 15 is 0 Å². The lowest BCUT2D eigenvalue weighted by molar-refractivity contribution is -0.0206.